The molecule has 1 unspecified atom stereocenters. The molecule has 20 heavy (non-hydrogen) atoms. The van der Waals surface area contributed by atoms with Gasteiger partial charge < -0.3 is 4.98 Å². The van der Waals surface area contributed by atoms with Crippen LogP contribution in [0.1, 0.15) is 24.6 Å². The molecular formula is C14H15BrN2O2S. The number of benzene rings is 1. The lowest BCUT2D eigenvalue weighted by molar-refractivity contribution is 0.391. The molecule has 3 rings (SSSR count). The zero-order valence-electron chi connectivity index (χ0n) is 10.8. The van der Waals surface area contributed by atoms with Gasteiger partial charge in [0.05, 0.1) is 10.9 Å². The monoisotopic (exact) mass is 354 g/mol. The van der Waals surface area contributed by atoms with Gasteiger partial charge in [0.2, 0.25) is 10.0 Å². The number of halogens is 1. The Kier molecular flexibility index (Phi) is 3.70. The van der Waals surface area contributed by atoms with Crippen molar-refractivity contribution in [2.75, 3.05) is 6.54 Å². The van der Waals surface area contributed by atoms with E-state index in [9.17, 15) is 8.42 Å². The molecule has 1 aliphatic rings. The lowest BCUT2D eigenvalue weighted by Gasteiger charge is -2.24. The zero-order valence-corrected chi connectivity index (χ0v) is 13.2. The lowest BCUT2D eigenvalue weighted by Crippen LogP contribution is -2.31. The number of rotatable bonds is 3. The average molecular weight is 355 g/mol. The Hall–Kier alpha value is -1.11. The van der Waals surface area contributed by atoms with E-state index in [0.29, 0.717) is 15.9 Å². The van der Waals surface area contributed by atoms with Crippen LogP contribution in [0.4, 0.5) is 0 Å². The van der Waals surface area contributed by atoms with Crippen LogP contribution < -0.4 is 0 Å². The van der Waals surface area contributed by atoms with Crippen LogP contribution in [0.5, 0.6) is 0 Å². The predicted octanol–water partition coefficient (Wildman–Crippen LogP) is 3.30. The van der Waals surface area contributed by atoms with Gasteiger partial charge in [0.25, 0.3) is 0 Å². The van der Waals surface area contributed by atoms with E-state index >= 15 is 0 Å². The first kappa shape index (κ1) is 13.9. The maximum atomic E-state index is 12.8. The van der Waals surface area contributed by atoms with Gasteiger partial charge in [0.1, 0.15) is 0 Å². The summed E-state index contributed by atoms with van der Waals surface area (Å²) in [5.74, 6) is 0. The number of nitrogens with one attached hydrogen (secondary N) is 1. The van der Waals surface area contributed by atoms with Gasteiger partial charge in [-0.25, -0.2) is 8.42 Å². The minimum absolute atomic E-state index is 0.0953. The summed E-state index contributed by atoms with van der Waals surface area (Å²) in [5.41, 5.74) is 0.957. The fourth-order valence-electron chi connectivity index (χ4n) is 2.67. The minimum atomic E-state index is -3.48. The normalized spacial score (nSPS) is 20.4. The molecular weight excluding hydrogens is 340 g/mol. The maximum Gasteiger partial charge on any atom is 0.244 e. The molecule has 1 atom stereocenters. The summed E-state index contributed by atoms with van der Waals surface area (Å²) >= 11 is 3.33. The third-order valence-corrected chi connectivity index (χ3v) is 6.53. The Balaban J connectivity index is 2.01. The summed E-state index contributed by atoms with van der Waals surface area (Å²) in [6.07, 6.45) is 3.56. The molecule has 1 aromatic heterocycles. The van der Waals surface area contributed by atoms with Crippen molar-refractivity contribution in [1.29, 1.82) is 0 Å². The van der Waals surface area contributed by atoms with Crippen LogP contribution in [0, 0.1) is 0 Å². The van der Waals surface area contributed by atoms with Crippen LogP contribution in [0.2, 0.25) is 0 Å². The Morgan fingerprint density at radius 1 is 1.20 bits per heavy atom. The summed E-state index contributed by atoms with van der Waals surface area (Å²) in [4.78, 5) is 3.46. The molecule has 2 aromatic rings. The second-order valence-electron chi connectivity index (χ2n) is 4.83. The van der Waals surface area contributed by atoms with Crippen molar-refractivity contribution in [2.24, 2.45) is 0 Å². The molecule has 6 heteroatoms. The van der Waals surface area contributed by atoms with Gasteiger partial charge in [-0.2, -0.15) is 4.31 Å². The summed E-state index contributed by atoms with van der Waals surface area (Å²) in [7, 11) is -3.48. The molecule has 0 bridgehead atoms. The Labute approximate surface area is 127 Å². The molecule has 0 aliphatic carbocycles. The van der Waals surface area contributed by atoms with E-state index in [0.717, 1.165) is 18.5 Å². The Morgan fingerprint density at radius 3 is 2.70 bits per heavy atom. The second kappa shape index (κ2) is 5.35. The number of nitrogens with zero attached hydrogens (tertiary/aromatic N) is 1. The van der Waals surface area contributed by atoms with Crippen LogP contribution in [-0.4, -0.2) is 24.3 Å². The quantitative estimate of drug-likeness (QED) is 0.919. The highest BCUT2D eigenvalue weighted by Crippen LogP contribution is 2.37. The van der Waals surface area contributed by atoms with Crippen molar-refractivity contribution in [3.05, 3.63) is 52.8 Å². The highest BCUT2D eigenvalue weighted by atomic mass is 79.9. The average Bonchev–Trinajstić information content (AvgIpc) is 3.10. The molecule has 1 aromatic carbocycles. The second-order valence-corrected chi connectivity index (χ2v) is 7.54. The first-order valence-corrected chi connectivity index (χ1v) is 8.73. The molecule has 106 valence electrons. The van der Waals surface area contributed by atoms with E-state index in [-0.39, 0.29) is 6.04 Å². The molecule has 0 spiro atoms. The number of aromatic nitrogens is 1. The molecule has 1 saturated heterocycles. The first-order chi connectivity index (χ1) is 9.60. The van der Waals surface area contributed by atoms with E-state index in [1.165, 1.54) is 0 Å². The van der Waals surface area contributed by atoms with Gasteiger partial charge >= 0.3 is 0 Å². The van der Waals surface area contributed by atoms with Crippen molar-refractivity contribution >= 4 is 26.0 Å². The molecule has 1 N–H and O–H groups in total. The van der Waals surface area contributed by atoms with Gasteiger partial charge in [-0.15, -0.1) is 0 Å². The molecule has 1 aliphatic heterocycles. The highest BCUT2D eigenvalue weighted by Gasteiger charge is 2.37. The number of hydrogen-bond donors (Lipinski definition) is 1. The third kappa shape index (κ3) is 2.32. The third-order valence-electron chi connectivity index (χ3n) is 3.61. The molecule has 0 radical (unpaired) electrons. The highest BCUT2D eigenvalue weighted by molar-refractivity contribution is 9.10. The van der Waals surface area contributed by atoms with Crippen molar-refractivity contribution < 1.29 is 8.42 Å². The smallest absolute Gasteiger partial charge is 0.244 e. The summed E-state index contributed by atoms with van der Waals surface area (Å²) in [5, 5.41) is 0. The largest absolute Gasteiger partial charge is 0.364 e. The lowest BCUT2D eigenvalue weighted by atomic mass is 10.2. The van der Waals surface area contributed by atoms with Crippen molar-refractivity contribution in [3.8, 4) is 0 Å². The van der Waals surface area contributed by atoms with E-state index in [4.69, 9.17) is 0 Å². The minimum Gasteiger partial charge on any atom is -0.364 e. The van der Waals surface area contributed by atoms with Gasteiger partial charge in [-0.3, -0.25) is 0 Å². The number of hydrogen-bond acceptors (Lipinski definition) is 2. The first-order valence-electron chi connectivity index (χ1n) is 6.50. The van der Waals surface area contributed by atoms with Crippen molar-refractivity contribution in [2.45, 2.75) is 23.8 Å². The molecule has 0 amide bonds. The molecule has 1 fully saturated rings. The van der Waals surface area contributed by atoms with Crippen LogP contribution in [0.15, 0.2) is 52.0 Å². The molecule has 0 saturated carbocycles. The van der Waals surface area contributed by atoms with Crippen LogP contribution in [0.25, 0.3) is 0 Å². The van der Waals surface area contributed by atoms with Gasteiger partial charge in [-0.1, -0.05) is 12.1 Å². The van der Waals surface area contributed by atoms with Crippen LogP contribution >= 0.6 is 15.9 Å². The Morgan fingerprint density at radius 2 is 2.00 bits per heavy atom. The van der Waals surface area contributed by atoms with E-state index in [1.54, 1.807) is 22.5 Å². The zero-order chi connectivity index (χ0) is 14.2. The summed E-state index contributed by atoms with van der Waals surface area (Å²) in [6, 6.07) is 10.7. The van der Waals surface area contributed by atoms with Gasteiger partial charge in [-0.05, 0) is 53.0 Å². The fraction of sp³-hybridized carbons (Fsp3) is 0.286. The van der Waals surface area contributed by atoms with Crippen LogP contribution in [0.3, 0.4) is 0 Å². The Bertz CT molecular complexity index is 698. The van der Waals surface area contributed by atoms with Crippen molar-refractivity contribution in [1.82, 2.24) is 9.29 Å². The summed E-state index contributed by atoms with van der Waals surface area (Å²) < 4.78 is 27.9. The number of H-pyrrole nitrogens is 1. The SMILES string of the molecule is O=S(=O)(c1ccccc1Br)N1CCCC1c1ccc[nH]1. The van der Waals surface area contributed by atoms with Crippen LogP contribution in [-0.2, 0) is 10.0 Å². The maximum absolute atomic E-state index is 12.8. The molecule has 2 heterocycles. The standard InChI is InChI=1S/C14H15BrN2O2S/c15-11-5-1-2-8-14(11)20(18,19)17-10-4-7-13(17)12-6-3-9-16-12/h1-3,5-6,8-9,13,16H,4,7,10H2. The summed E-state index contributed by atoms with van der Waals surface area (Å²) in [6.45, 7) is 0.563. The number of aromatic amines is 1. The van der Waals surface area contributed by atoms with E-state index in [1.807, 2.05) is 24.4 Å². The fourth-order valence-corrected chi connectivity index (χ4v) is 5.31. The molecule has 4 nitrogen and oxygen atoms in total. The van der Waals surface area contributed by atoms with E-state index in [2.05, 4.69) is 20.9 Å². The van der Waals surface area contributed by atoms with Gasteiger partial charge in [0, 0.05) is 22.9 Å². The predicted molar refractivity (Wildman–Crippen MR) is 80.8 cm³/mol. The number of sulfonamides is 1. The topological polar surface area (TPSA) is 53.2 Å². The van der Waals surface area contributed by atoms with E-state index < -0.39 is 10.0 Å². The van der Waals surface area contributed by atoms with Gasteiger partial charge in [0.15, 0.2) is 0 Å². The van der Waals surface area contributed by atoms with Crippen molar-refractivity contribution in [3.63, 3.8) is 0 Å².